The highest BCUT2D eigenvalue weighted by Crippen LogP contribution is 2.13. The molecule has 8 heteroatoms. The number of guanidine groups is 1. The van der Waals surface area contributed by atoms with Crippen molar-refractivity contribution in [3.8, 4) is 0 Å². The van der Waals surface area contributed by atoms with Crippen molar-refractivity contribution in [1.82, 2.24) is 20.5 Å². The molecule has 0 aliphatic carbocycles. The summed E-state index contributed by atoms with van der Waals surface area (Å²) < 4.78 is 0. The summed E-state index contributed by atoms with van der Waals surface area (Å²) in [5, 5.41) is 6.59. The van der Waals surface area contributed by atoms with E-state index in [9.17, 15) is 4.79 Å². The highest BCUT2D eigenvalue weighted by molar-refractivity contribution is 14.0. The first-order chi connectivity index (χ1) is 14.8. The molecule has 1 saturated heterocycles. The first kappa shape index (κ1) is 24.9. The molecule has 0 saturated carbocycles. The number of hydrogen-bond acceptors (Lipinski definition) is 4. The SMILES string of the molecule is CCNC(=NCCC(=O)N1CCN(c2ccccn2)CC1)NCCc1ccccc1.I. The monoisotopic (exact) mass is 536 g/mol. The van der Waals surface area contributed by atoms with Gasteiger partial charge in [0.25, 0.3) is 0 Å². The molecular weight excluding hydrogens is 503 g/mol. The predicted molar refractivity (Wildman–Crippen MR) is 137 cm³/mol. The number of aromatic nitrogens is 1. The van der Waals surface area contributed by atoms with Gasteiger partial charge in [-0.15, -0.1) is 24.0 Å². The Bertz CT molecular complexity index is 794. The Morgan fingerprint density at radius 2 is 1.77 bits per heavy atom. The molecule has 3 rings (SSSR count). The maximum absolute atomic E-state index is 12.6. The van der Waals surface area contributed by atoms with Gasteiger partial charge in [-0.25, -0.2) is 4.98 Å². The highest BCUT2D eigenvalue weighted by Gasteiger charge is 2.21. The lowest BCUT2D eigenvalue weighted by Gasteiger charge is -2.35. The molecule has 168 valence electrons. The van der Waals surface area contributed by atoms with E-state index in [1.54, 1.807) is 6.20 Å². The number of aliphatic imine (C=N–C) groups is 1. The number of halogens is 1. The number of nitrogens with zero attached hydrogens (tertiary/aromatic N) is 4. The fourth-order valence-corrected chi connectivity index (χ4v) is 3.46. The maximum Gasteiger partial charge on any atom is 0.224 e. The standard InChI is InChI=1S/C23H32N6O.HI/c1-2-24-23(26-14-11-20-8-4-3-5-9-20)27-15-12-22(30)29-18-16-28(17-19-29)21-10-6-7-13-25-21;/h3-10,13H,2,11-12,14-19H2,1H3,(H2,24,26,27);1H. The lowest BCUT2D eigenvalue weighted by Crippen LogP contribution is -2.49. The molecule has 0 atom stereocenters. The molecule has 0 spiro atoms. The molecule has 7 nitrogen and oxygen atoms in total. The van der Waals surface area contributed by atoms with Gasteiger partial charge in [-0.05, 0) is 31.0 Å². The number of pyridine rings is 1. The Hall–Kier alpha value is -2.36. The largest absolute Gasteiger partial charge is 0.357 e. The third kappa shape index (κ3) is 8.35. The van der Waals surface area contributed by atoms with E-state index in [0.717, 1.165) is 57.5 Å². The average Bonchev–Trinajstić information content (AvgIpc) is 2.80. The van der Waals surface area contributed by atoms with Crippen molar-refractivity contribution in [2.75, 3.05) is 50.7 Å². The molecule has 1 aromatic heterocycles. The Morgan fingerprint density at radius 1 is 1.03 bits per heavy atom. The first-order valence-electron chi connectivity index (χ1n) is 10.8. The van der Waals surface area contributed by atoms with Gasteiger partial charge in [0.05, 0.1) is 6.54 Å². The summed E-state index contributed by atoms with van der Waals surface area (Å²) in [7, 11) is 0. The van der Waals surface area contributed by atoms with Gasteiger partial charge in [0.15, 0.2) is 5.96 Å². The minimum Gasteiger partial charge on any atom is -0.357 e. The van der Waals surface area contributed by atoms with Gasteiger partial charge in [0.2, 0.25) is 5.91 Å². The number of nitrogens with one attached hydrogen (secondary N) is 2. The van der Waals surface area contributed by atoms with Gasteiger partial charge in [-0.2, -0.15) is 0 Å². The summed E-state index contributed by atoms with van der Waals surface area (Å²) in [4.78, 5) is 25.7. The van der Waals surface area contributed by atoms with Gasteiger partial charge < -0.3 is 20.4 Å². The molecule has 1 amide bonds. The molecule has 2 N–H and O–H groups in total. The summed E-state index contributed by atoms with van der Waals surface area (Å²) in [6, 6.07) is 16.3. The van der Waals surface area contributed by atoms with Crippen LogP contribution in [0.4, 0.5) is 5.82 Å². The zero-order valence-electron chi connectivity index (χ0n) is 18.2. The summed E-state index contributed by atoms with van der Waals surface area (Å²) in [5.74, 6) is 1.91. The zero-order valence-corrected chi connectivity index (χ0v) is 20.5. The van der Waals surface area contributed by atoms with Gasteiger partial charge in [-0.1, -0.05) is 36.4 Å². The van der Waals surface area contributed by atoms with Crippen molar-refractivity contribution in [2.24, 2.45) is 4.99 Å². The van der Waals surface area contributed by atoms with E-state index in [0.29, 0.717) is 13.0 Å². The highest BCUT2D eigenvalue weighted by atomic mass is 127. The fourth-order valence-electron chi connectivity index (χ4n) is 3.46. The summed E-state index contributed by atoms with van der Waals surface area (Å²) >= 11 is 0. The van der Waals surface area contributed by atoms with E-state index < -0.39 is 0 Å². The molecule has 0 bridgehead atoms. The third-order valence-corrected chi connectivity index (χ3v) is 5.09. The van der Waals surface area contributed by atoms with Crippen molar-refractivity contribution in [3.63, 3.8) is 0 Å². The van der Waals surface area contributed by atoms with E-state index in [1.165, 1.54) is 5.56 Å². The van der Waals surface area contributed by atoms with Crippen molar-refractivity contribution in [1.29, 1.82) is 0 Å². The summed E-state index contributed by atoms with van der Waals surface area (Å²) in [6.45, 7) is 7.22. The fraction of sp³-hybridized carbons (Fsp3) is 0.435. The number of piperazine rings is 1. The second kappa shape index (κ2) is 13.8. The second-order valence-corrected chi connectivity index (χ2v) is 7.23. The molecule has 1 aromatic carbocycles. The number of benzene rings is 1. The molecule has 1 aliphatic heterocycles. The van der Waals surface area contributed by atoms with E-state index in [-0.39, 0.29) is 29.9 Å². The van der Waals surface area contributed by atoms with Crippen molar-refractivity contribution >= 4 is 41.7 Å². The lowest BCUT2D eigenvalue weighted by molar-refractivity contribution is -0.131. The van der Waals surface area contributed by atoms with Crippen molar-refractivity contribution < 1.29 is 4.79 Å². The topological polar surface area (TPSA) is 72.9 Å². The second-order valence-electron chi connectivity index (χ2n) is 7.23. The van der Waals surface area contributed by atoms with Crippen LogP contribution < -0.4 is 15.5 Å². The first-order valence-corrected chi connectivity index (χ1v) is 10.8. The van der Waals surface area contributed by atoms with Crippen LogP contribution >= 0.6 is 24.0 Å². The molecule has 1 aliphatic rings. The Kier molecular flexibility index (Phi) is 11.1. The van der Waals surface area contributed by atoms with Crippen LogP contribution in [0.2, 0.25) is 0 Å². The van der Waals surface area contributed by atoms with E-state index in [1.807, 2.05) is 36.1 Å². The van der Waals surface area contributed by atoms with Crippen molar-refractivity contribution in [3.05, 3.63) is 60.3 Å². The van der Waals surface area contributed by atoms with Gasteiger partial charge in [-0.3, -0.25) is 9.79 Å². The number of anilines is 1. The lowest BCUT2D eigenvalue weighted by atomic mass is 10.1. The van der Waals surface area contributed by atoms with Gasteiger partial charge in [0.1, 0.15) is 5.82 Å². The molecule has 0 radical (unpaired) electrons. The number of carbonyl (C=O) groups is 1. The number of amides is 1. The number of hydrogen-bond donors (Lipinski definition) is 2. The van der Waals surface area contributed by atoms with Crippen LogP contribution in [0, 0.1) is 0 Å². The molecule has 1 fully saturated rings. The molecule has 31 heavy (non-hydrogen) atoms. The quantitative estimate of drug-likeness (QED) is 0.308. The Morgan fingerprint density at radius 3 is 2.45 bits per heavy atom. The van der Waals surface area contributed by atoms with Crippen molar-refractivity contribution in [2.45, 2.75) is 19.8 Å². The Balaban J connectivity index is 0.00000341. The van der Waals surface area contributed by atoms with Crippen LogP contribution in [-0.2, 0) is 11.2 Å². The molecule has 0 unspecified atom stereocenters. The van der Waals surface area contributed by atoms with E-state index >= 15 is 0 Å². The molecular formula is C23H33IN6O. The molecule has 2 heterocycles. The van der Waals surface area contributed by atoms with Crippen LogP contribution in [0.5, 0.6) is 0 Å². The van der Waals surface area contributed by atoms with Gasteiger partial charge >= 0.3 is 0 Å². The van der Waals surface area contributed by atoms with E-state index in [4.69, 9.17) is 0 Å². The smallest absolute Gasteiger partial charge is 0.224 e. The van der Waals surface area contributed by atoms with E-state index in [2.05, 4.69) is 49.8 Å². The maximum atomic E-state index is 12.6. The zero-order chi connectivity index (χ0) is 21.0. The number of rotatable bonds is 8. The van der Waals surface area contributed by atoms with Crippen LogP contribution in [0.1, 0.15) is 18.9 Å². The van der Waals surface area contributed by atoms with Crippen LogP contribution in [0.3, 0.4) is 0 Å². The normalized spacial score (nSPS) is 14.0. The average molecular weight is 536 g/mol. The summed E-state index contributed by atoms with van der Waals surface area (Å²) in [5.41, 5.74) is 1.29. The minimum atomic E-state index is 0. The Labute approximate surface area is 202 Å². The predicted octanol–water partition coefficient (Wildman–Crippen LogP) is 2.54. The summed E-state index contributed by atoms with van der Waals surface area (Å²) in [6.07, 6.45) is 3.17. The molecule has 2 aromatic rings. The van der Waals surface area contributed by atoms with Crippen LogP contribution in [-0.4, -0.2) is 67.6 Å². The minimum absolute atomic E-state index is 0. The van der Waals surface area contributed by atoms with Crippen LogP contribution in [0.25, 0.3) is 0 Å². The number of carbonyl (C=O) groups excluding carboxylic acids is 1. The third-order valence-electron chi connectivity index (χ3n) is 5.09. The van der Waals surface area contributed by atoms with Gasteiger partial charge in [0, 0.05) is 51.9 Å². The van der Waals surface area contributed by atoms with Crippen LogP contribution in [0.15, 0.2) is 59.7 Å².